The van der Waals surface area contributed by atoms with Crippen molar-refractivity contribution < 1.29 is 0 Å². The van der Waals surface area contributed by atoms with Crippen LogP contribution in [0.3, 0.4) is 0 Å². The number of nitrogens with one attached hydrogen (secondary N) is 1. The highest BCUT2D eigenvalue weighted by molar-refractivity contribution is 9.10. The molecule has 0 aliphatic heterocycles. The lowest BCUT2D eigenvalue weighted by molar-refractivity contribution is 0.602. The molecule has 2 rings (SSSR count). The minimum absolute atomic E-state index is 0.838. The van der Waals surface area contributed by atoms with Crippen LogP contribution >= 0.6 is 15.9 Å². The third-order valence-electron chi connectivity index (χ3n) is 3.35. The first kappa shape index (κ1) is 13.1. The van der Waals surface area contributed by atoms with Gasteiger partial charge in [0.15, 0.2) is 0 Å². The van der Waals surface area contributed by atoms with Gasteiger partial charge in [0.05, 0.1) is 15.9 Å². The zero-order valence-corrected chi connectivity index (χ0v) is 12.4. The SMILES string of the molecule is CCc1nn(C)c(CCCCNC2CC2)c1Br. The maximum absolute atomic E-state index is 4.52. The zero-order valence-electron chi connectivity index (χ0n) is 10.8. The highest BCUT2D eigenvalue weighted by Crippen LogP contribution is 2.23. The van der Waals surface area contributed by atoms with Crippen molar-refractivity contribution in [3.63, 3.8) is 0 Å². The Morgan fingerprint density at radius 3 is 2.76 bits per heavy atom. The number of rotatable bonds is 7. The van der Waals surface area contributed by atoms with E-state index in [1.807, 2.05) is 11.7 Å². The van der Waals surface area contributed by atoms with E-state index in [4.69, 9.17) is 0 Å². The lowest BCUT2D eigenvalue weighted by atomic mass is 10.1. The quantitative estimate of drug-likeness (QED) is 0.785. The van der Waals surface area contributed by atoms with E-state index < -0.39 is 0 Å². The van der Waals surface area contributed by atoms with Gasteiger partial charge >= 0.3 is 0 Å². The summed E-state index contributed by atoms with van der Waals surface area (Å²) in [7, 11) is 2.04. The summed E-state index contributed by atoms with van der Waals surface area (Å²) >= 11 is 3.67. The summed E-state index contributed by atoms with van der Waals surface area (Å²) in [5.41, 5.74) is 2.52. The average Bonchev–Trinajstić information content (AvgIpc) is 3.09. The number of aryl methyl sites for hydroxylation is 2. The normalized spacial score (nSPS) is 15.5. The summed E-state index contributed by atoms with van der Waals surface area (Å²) in [6, 6.07) is 0.838. The Bertz CT molecular complexity index is 369. The highest BCUT2D eigenvalue weighted by Gasteiger charge is 2.19. The standard InChI is InChI=1S/C13H22BrN3/c1-3-11-13(14)12(17(2)16-11)6-4-5-9-15-10-7-8-10/h10,15H,3-9H2,1-2H3. The Morgan fingerprint density at radius 1 is 1.41 bits per heavy atom. The molecule has 0 radical (unpaired) electrons. The van der Waals surface area contributed by atoms with E-state index in [0.29, 0.717) is 0 Å². The molecule has 0 saturated heterocycles. The molecule has 1 aliphatic rings. The molecule has 1 heterocycles. The van der Waals surface area contributed by atoms with E-state index in [9.17, 15) is 0 Å². The van der Waals surface area contributed by atoms with Gasteiger partial charge in [0.25, 0.3) is 0 Å². The van der Waals surface area contributed by atoms with Crippen LogP contribution in [-0.4, -0.2) is 22.4 Å². The number of halogens is 1. The maximum Gasteiger partial charge on any atom is 0.0766 e. The fraction of sp³-hybridized carbons (Fsp3) is 0.769. The molecule has 4 heteroatoms. The van der Waals surface area contributed by atoms with Crippen LogP contribution in [0.1, 0.15) is 44.0 Å². The highest BCUT2D eigenvalue weighted by atomic mass is 79.9. The molecule has 17 heavy (non-hydrogen) atoms. The number of unbranched alkanes of at least 4 members (excludes halogenated alkanes) is 1. The molecule has 0 unspecified atom stereocenters. The summed E-state index contributed by atoms with van der Waals surface area (Å²) in [5.74, 6) is 0. The summed E-state index contributed by atoms with van der Waals surface area (Å²) < 4.78 is 3.25. The van der Waals surface area contributed by atoms with Gasteiger partial charge in [0.2, 0.25) is 0 Å². The maximum atomic E-state index is 4.52. The van der Waals surface area contributed by atoms with Crippen LogP contribution in [0.25, 0.3) is 0 Å². The molecule has 0 atom stereocenters. The molecule has 0 amide bonds. The number of hydrogen-bond donors (Lipinski definition) is 1. The number of hydrogen-bond acceptors (Lipinski definition) is 2. The van der Waals surface area contributed by atoms with Crippen LogP contribution < -0.4 is 5.32 Å². The molecule has 1 saturated carbocycles. The first-order valence-electron chi connectivity index (χ1n) is 6.66. The van der Waals surface area contributed by atoms with E-state index in [2.05, 4.69) is 33.3 Å². The van der Waals surface area contributed by atoms with Gasteiger partial charge in [-0.05, 0) is 61.0 Å². The topological polar surface area (TPSA) is 29.9 Å². The largest absolute Gasteiger partial charge is 0.314 e. The fourth-order valence-electron chi connectivity index (χ4n) is 2.10. The van der Waals surface area contributed by atoms with Gasteiger partial charge in [0.1, 0.15) is 0 Å². The first-order chi connectivity index (χ1) is 8.22. The van der Waals surface area contributed by atoms with Gasteiger partial charge in [0, 0.05) is 13.1 Å². The van der Waals surface area contributed by atoms with Crippen LogP contribution in [0.2, 0.25) is 0 Å². The van der Waals surface area contributed by atoms with Gasteiger partial charge in [-0.1, -0.05) is 6.92 Å². The van der Waals surface area contributed by atoms with Crippen LogP contribution in [-0.2, 0) is 19.9 Å². The van der Waals surface area contributed by atoms with E-state index >= 15 is 0 Å². The predicted molar refractivity (Wildman–Crippen MR) is 74.2 cm³/mol. The van der Waals surface area contributed by atoms with Gasteiger partial charge < -0.3 is 5.32 Å². The second-order valence-electron chi connectivity index (χ2n) is 4.87. The van der Waals surface area contributed by atoms with Crippen molar-refractivity contribution in [3.05, 3.63) is 15.9 Å². The number of nitrogens with zero attached hydrogens (tertiary/aromatic N) is 2. The van der Waals surface area contributed by atoms with Crippen molar-refractivity contribution in [1.29, 1.82) is 0 Å². The summed E-state index contributed by atoms with van der Waals surface area (Å²) in [4.78, 5) is 0. The van der Waals surface area contributed by atoms with Gasteiger partial charge in [-0.25, -0.2) is 0 Å². The molecule has 0 spiro atoms. The Balaban J connectivity index is 1.75. The van der Waals surface area contributed by atoms with Crippen LogP contribution in [0.4, 0.5) is 0 Å². The third kappa shape index (κ3) is 3.55. The van der Waals surface area contributed by atoms with Crippen molar-refractivity contribution in [2.24, 2.45) is 7.05 Å². The van der Waals surface area contributed by atoms with Crippen LogP contribution in [0, 0.1) is 0 Å². The third-order valence-corrected chi connectivity index (χ3v) is 4.27. The molecule has 3 nitrogen and oxygen atoms in total. The first-order valence-corrected chi connectivity index (χ1v) is 7.45. The predicted octanol–water partition coefficient (Wildman–Crippen LogP) is 2.82. The molecule has 1 aromatic heterocycles. The van der Waals surface area contributed by atoms with E-state index in [0.717, 1.165) is 18.9 Å². The van der Waals surface area contributed by atoms with E-state index in [1.54, 1.807) is 0 Å². The Labute approximate surface area is 112 Å². The Hall–Kier alpha value is -0.350. The lowest BCUT2D eigenvalue weighted by Crippen LogP contribution is -2.17. The molecular formula is C13H22BrN3. The Kier molecular flexibility index (Phi) is 4.62. The Morgan fingerprint density at radius 2 is 2.18 bits per heavy atom. The minimum atomic E-state index is 0.838. The molecule has 0 aromatic carbocycles. The minimum Gasteiger partial charge on any atom is -0.314 e. The van der Waals surface area contributed by atoms with Crippen molar-refractivity contribution >= 4 is 15.9 Å². The fourth-order valence-corrected chi connectivity index (χ4v) is 2.92. The molecule has 1 N–H and O–H groups in total. The molecule has 1 aromatic rings. The monoisotopic (exact) mass is 299 g/mol. The van der Waals surface area contributed by atoms with Crippen LogP contribution in [0.15, 0.2) is 4.47 Å². The zero-order chi connectivity index (χ0) is 12.3. The summed E-state index contributed by atoms with van der Waals surface area (Å²) in [6.45, 7) is 3.32. The van der Waals surface area contributed by atoms with E-state index in [-0.39, 0.29) is 0 Å². The van der Waals surface area contributed by atoms with Gasteiger partial charge in [-0.3, -0.25) is 4.68 Å². The van der Waals surface area contributed by atoms with Crippen LogP contribution in [0.5, 0.6) is 0 Å². The van der Waals surface area contributed by atoms with E-state index in [1.165, 1.54) is 48.1 Å². The van der Waals surface area contributed by atoms with Gasteiger partial charge in [-0.2, -0.15) is 5.10 Å². The summed E-state index contributed by atoms with van der Waals surface area (Å²) in [5, 5.41) is 8.07. The molecule has 96 valence electrons. The van der Waals surface area contributed by atoms with Crippen molar-refractivity contribution in [3.8, 4) is 0 Å². The second-order valence-corrected chi connectivity index (χ2v) is 5.66. The molecule has 1 fully saturated rings. The van der Waals surface area contributed by atoms with Crippen molar-refractivity contribution in [1.82, 2.24) is 15.1 Å². The molecule has 1 aliphatic carbocycles. The lowest BCUT2D eigenvalue weighted by Gasteiger charge is -2.04. The van der Waals surface area contributed by atoms with Crippen molar-refractivity contribution in [2.45, 2.75) is 51.5 Å². The van der Waals surface area contributed by atoms with Gasteiger partial charge in [-0.15, -0.1) is 0 Å². The van der Waals surface area contributed by atoms with Crippen molar-refractivity contribution in [2.75, 3.05) is 6.54 Å². The molecular weight excluding hydrogens is 278 g/mol. The molecule has 0 bridgehead atoms. The number of aromatic nitrogens is 2. The second kappa shape index (κ2) is 6.01. The average molecular weight is 300 g/mol. The smallest absolute Gasteiger partial charge is 0.0766 e. The summed E-state index contributed by atoms with van der Waals surface area (Å²) in [6.07, 6.45) is 7.38.